The fourth-order valence-corrected chi connectivity index (χ4v) is 3.46. The zero-order chi connectivity index (χ0) is 19.4. The van der Waals surface area contributed by atoms with Crippen LogP contribution in [0.5, 0.6) is 5.75 Å². The first-order chi connectivity index (χ1) is 13.0. The molecule has 3 rings (SSSR count). The summed E-state index contributed by atoms with van der Waals surface area (Å²) < 4.78 is 5.29. The average Bonchev–Trinajstić information content (AvgIpc) is 2.71. The van der Waals surface area contributed by atoms with E-state index in [1.807, 2.05) is 44.2 Å². The fourth-order valence-electron chi connectivity index (χ4n) is 3.46. The third-order valence-electron chi connectivity index (χ3n) is 5.35. The topological polar surface area (TPSA) is 58.6 Å². The molecule has 0 bridgehead atoms. The van der Waals surface area contributed by atoms with E-state index in [2.05, 4.69) is 5.32 Å². The van der Waals surface area contributed by atoms with Crippen molar-refractivity contribution in [1.82, 2.24) is 4.90 Å². The van der Waals surface area contributed by atoms with E-state index in [-0.39, 0.29) is 17.7 Å². The highest BCUT2D eigenvalue weighted by Gasteiger charge is 2.29. The molecular formula is C22H26N2O3. The van der Waals surface area contributed by atoms with Gasteiger partial charge < -0.3 is 15.0 Å². The average molecular weight is 366 g/mol. The van der Waals surface area contributed by atoms with Gasteiger partial charge in [0.25, 0.3) is 5.91 Å². The Labute approximate surface area is 160 Å². The van der Waals surface area contributed by atoms with Crippen LogP contribution in [0.15, 0.2) is 42.5 Å². The van der Waals surface area contributed by atoms with Crippen molar-refractivity contribution in [3.8, 4) is 5.75 Å². The molecule has 0 aliphatic carbocycles. The third kappa shape index (κ3) is 4.13. The maximum atomic E-state index is 12.8. The number of hydrogen-bond acceptors (Lipinski definition) is 3. The number of likely N-dealkylation sites (tertiary alicyclic amines) is 1. The van der Waals surface area contributed by atoms with Crippen molar-refractivity contribution in [2.75, 3.05) is 25.5 Å². The highest BCUT2D eigenvalue weighted by molar-refractivity contribution is 5.97. The third-order valence-corrected chi connectivity index (χ3v) is 5.35. The SMILES string of the molecule is COc1ccccc1C(=O)N1CCC(C(=O)Nc2cccc(C)c2C)CC1. The van der Waals surface area contributed by atoms with Crippen LogP contribution in [0.25, 0.3) is 0 Å². The summed E-state index contributed by atoms with van der Waals surface area (Å²) >= 11 is 0. The number of hydrogen-bond donors (Lipinski definition) is 1. The molecule has 2 aromatic rings. The van der Waals surface area contributed by atoms with E-state index >= 15 is 0 Å². The van der Waals surface area contributed by atoms with Gasteiger partial charge >= 0.3 is 0 Å². The van der Waals surface area contributed by atoms with Gasteiger partial charge in [-0.25, -0.2) is 0 Å². The van der Waals surface area contributed by atoms with Crippen LogP contribution in [-0.4, -0.2) is 36.9 Å². The van der Waals surface area contributed by atoms with E-state index in [1.54, 1.807) is 24.1 Å². The van der Waals surface area contributed by atoms with E-state index in [0.717, 1.165) is 16.8 Å². The Morgan fingerprint density at radius 3 is 2.44 bits per heavy atom. The Bertz CT molecular complexity index is 839. The van der Waals surface area contributed by atoms with Gasteiger partial charge in [-0.2, -0.15) is 0 Å². The molecule has 0 aromatic heterocycles. The van der Waals surface area contributed by atoms with E-state index in [1.165, 1.54) is 0 Å². The molecule has 5 nitrogen and oxygen atoms in total. The second-order valence-corrected chi connectivity index (χ2v) is 7.00. The molecule has 1 heterocycles. The molecule has 0 atom stereocenters. The molecule has 5 heteroatoms. The number of anilines is 1. The first kappa shape index (κ1) is 19.0. The molecule has 2 amide bonds. The standard InChI is InChI=1S/C22H26N2O3/c1-15-7-6-9-19(16(15)2)23-21(25)17-11-13-24(14-12-17)22(26)18-8-4-5-10-20(18)27-3/h4-10,17H,11-14H2,1-3H3,(H,23,25). The number of piperidine rings is 1. The highest BCUT2D eigenvalue weighted by Crippen LogP contribution is 2.25. The zero-order valence-corrected chi connectivity index (χ0v) is 16.1. The second kappa shape index (κ2) is 8.25. The van der Waals surface area contributed by atoms with Crippen LogP contribution in [0.3, 0.4) is 0 Å². The number of nitrogens with zero attached hydrogens (tertiary/aromatic N) is 1. The van der Waals surface area contributed by atoms with Crippen molar-refractivity contribution >= 4 is 17.5 Å². The van der Waals surface area contributed by atoms with Gasteiger partial charge in [-0.15, -0.1) is 0 Å². The smallest absolute Gasteiger partial charge is 0.257 e. The van der Waals surface area contributed by atoms with Crippen molar-refractivity contribution in [2.24, 2.45) is 5.92 Å². The summed E-state index contributed by atoms with van der Waals surface area (Å²) in [6.07, 6.45) is 1.33. The normalized spacial score (nSPS) is 14.7. The zero-order valence-electron chi connectivity index (χ0n) is 16.1. The molecule has 142 valence electrons. The van der Waals surface area contributed by atoms with Gasteiger partial charge in [-0.05, 0) is 56.0 Å². The Morgan fingerprint density at radius 1 is 1.04 bits per heavy atom. The van der Waals surface area contributed by atoms with Gasteiger partial charge in [0, 0.05) is 24.7 Å². The van der Waals surface area contributed by atoms with Crippen LogP contribution in [0, 0.1) is 19.8 Å². The first-order valence-corrected chi connectivity index (χ1v) is 9.30. The number of para-hydroxylation sites is 1. The minimum absolute atomic E-state index is 0.0353. The molecule has 0 unspecified atom stereocenters. The molecule has 0 saturated carbocycles. The molecular weight excluding hydrogens is 340 g/mol. The summed E-state index contributed by atoms with van der Waals surface area (Å²) in [5.74, 6) is 0.498. The van der Waals surface area contributed by atoms with Gasteiger partial charge in [0.1, 0.15) is 5.75 Å². The molecule has 0 radical (unpaired) electrons. The van der Waals surface area contributed by atoms with Crippen molar-refractivity contribution in [3.63, 3.8) is 0 Å². The number of rotatable bonds is 4. The lowest BCUT2D eigenvalue weighted by molar-refractivity contribution is -0.121. The van der Waals surface area contributed by atoms with Crippen LogP contribution in [0.4, 0.5) is 5.69 Å². The fraction of sp³-hybridized carbons (Fsp3) is 0.364. The minimum Gasteiger partial charge on any atom is -0.496 e. The van der Waals surface area contributed by atoms with Gasteiger partial charge in [0.2, 0.25) is 5.91 Å². The lowest BCUT2D eigenvalue weighted by Crippen LogP contribution is -2.41. The summed E-state index contributed by atoms with van der Waals surface area (Å²) in [6, 6.07) is 13.2. The van der Waals surface area contributed by atoms with Crippen molar-refractivity contribution in [1.29, 1.82) is 0 Å². The maximum Gasteiger partial charge on any atom is 0.257 e. The quantitative estimate of drug-likeness (QED) is 0.895. The first-order valence-electron chi connectivity index (χ1n) is 9.30. The molecule has 1 aliphatic heterocycles. The Balaban J connectivity index is 1.60. The molecule has 27 heavy (non-hydrogen) atoms. The molecule has 2 aromatic carbocycles. The molecule has 0 spiro atoms. The van der Waals surface area contributed by atoms with E-state index < -0.39 is 0 Å². The van der Waals surface area contributed by atoms with E-state index in [9.17, 15) is 9.59 Å². The summed E-state index contributed by atoms with van der Waals surface area (Å²) in [5.41, 5.74) is 3.69. The summed E-state index contributed by atoms with van der Waals surface area (Å²) in [7, 11) is 1.57. The summed E-state index contributed by atoms with van der Waals surface area (Å²) in [4.78, 5) is 27.2. The van der Waals surface area contributed by atoms with Crippen LogP contribution >= 0.6 is 0 Å². The number of carbonyl (C=O) groups is 2. The number of benzene rings is 2. The molecule has 1 fully saturated rings. The predicted octanol–water partition coefficient (Wildman–Crippen LogP) is 3.80. The van der Waals surface area contributed by atoms with Gasteiger partial charge in [-0.1, -0.05) is 24.3 Å². The number of amides is 2. The van der Waals surface area contributed by atoms with Crippen molar-refractivity contribution in [3.05, 3.63) is 59.2 Å². The number of aryl methyl sites for hydroxylation is 1. The monoisotopic (exact) mass is 366 g/mol. The number of ether oxygens (including phenoxy) is 1. The van der Waals surface area contributed by atoms with E-state index in [0.29, 0.717) is 37.2 Å². The van der Waals surface area contributed by atoms with Crippen LogP contribution in [0.2, 0.25) is 0 Å². The largest absolute Gasteiger partial charge is 0.496 e. The Kier molecular flexibility index (Phi) is 5.79. The highest BCUT2D eigenvalue weighted by atomic mass is 16.5. The maximum absolute atomic E-state index is 12.8. The number of methoxy groups -OCH3 is 1. The molecule has 1 N–H and O–H groups in total. The van der Waals surface area contributed by atoms with Crippen molar-refractivity contribution < 1.29 is 14.3 Å². The molecule has 1 saturated heterocycles. The van der Waals surface area contributed by atoms with Crippen LogP contribution < -0.4 is 10.1 Å². The second-order valence-electron chi connectivity index (χ2n) is 7.00. The van der Waals surface area contributed by atoms with Gasteiger partial charge in [-0.3, -0.25) is 9.59 Å². The Hall–Kier alpha value is -2.82. The number of carbonyl (C=O) groups excluding carboxylic acids is 2. The summed E-state index contributed by atoms with van der Waals surface area (Å²) in [6.45, 7) is 5.19. The molecule has 1 aliphatic rings. The van der Waals surface area contributed by atoms with Gasteiger partial charge in [0.05, 0.1) is 12.7 Å². The Morgan fingerprint density at radius 2 is 1.74 bits per heavy atom. The minimum atomic E-state index is -0.0772. The summed E-state index contributed by atoms with van der Waals surface area (Å²) in [5, 5.41) is 3.05. The van der Waals surface area contributed by atoms with Crippen molar-refractivity contribution in [2.45, 2.75) is 26.7 Å². The lowest BCUT2D eigenvalue weighted by Gasteiger charge is -2.31. The lowest BCUT2D eigenvalue weighted by atomic mass is 9.95. The van der Waals surface area contributed by atoms with E-state index in [4.69, 9.17) is 4.74 Å². The van der Waals surface area contributed by atoms with Crippen LogP contribution in [-0.2, 0) is 4.79 Å². The number of nitrogens with one attached hydrogen (secondary N) is 1. The predicted molar refractivity (Wildman–Crippen MR) is 106 cm³/mol. The van der Waals surface area contributed by atoms with Gasteiger partial charge in [0.15, 0.2) is 0 Å². The van der Waals surface area contributed by atoms with Crippen LogP contribution in [0.1, 0.15) is 34.3 Å².